The van der Waals surface area contributed by atoms with Crippen LogP contribution in [0.25, 0.3) is 0 Å². The average molecular weight is 240 g/mol. The molecule has 3 N–H and O–H groups in total. The van der Waals surface area contributed by atoms with Gasteiger partial charge < -0.3 is 16.0 Å². The fourth-order valence-electron chi connectivity index (χ4n) is 1.31. The first-order valence-electron chi connectivity index (χ1n) is 6.26. The Morgan fingerprint density at radius 1 is 1.35 bits per heavy atom. The van der Waals surface area contributed by atoms with Crippen molar-refractivity contribution in [3.05, 3.63) is 0 Å². The van der Waals surface area contributed by atoms with Crippen molar-refractivity contribution in [2.75, 3.05) is 13.1 Å². The number of carbonyl (C=O) groups is 1. The number of amides is 1. The second-order valence-electron chi connectivity index (χ2n) is 5.41. The Hall–Kier alpha value is -1.26. The maximum absolute atomic E-state index is 11.5. The van der Waals surface area contributed by atoms with E-state index in [1.165, 1.54) is 0 Å². The first kappa shape index (κ1) is 13.8. The molecule has 0 spiro atoms. The number of rotatable bonds is 4. The third-order valence-electron chi connectivity index (χ3n) is 2.16. The van der Waals surface area contributed by atoms with Crippen LogP contribution >= 0.6 is 0 Å². The summed E-state index contributed by atoms with van der Waals surface area (Å²) < 4.78 is 0. The number of nitrogens with one attached hydrogen (secondary N) is 3. The minimum atomic E-state index is -0.0615. The molecule has 5 nitrogen and oxygen atoms in total. The van der Waals surface area contributed by atoms with Crippen LogP contribution in [0.15, 0.2) is 4.99 Å². The molecule has 0 heterocycles. The summed E-state index contributed by atoms with van der Waals surface area (Å²) in [5, 5.41) is 9.28. The van der Waals surface area contributed by atoms with Crippen molar-refractivity contribution in [3.8, 4) is 0 Å². The Balaban J connectivity index is 2.41. The van der Waals surface area contributed by atoms with Crippen LogP contribution in [0.1, 0.15) is 40.5 Å². The molecule has 1 amide bonds. The standard InChI is InChI=1S/C12H24N4O/c1-5-13-11(16-12(2,3)4)14-8-10(17)15-9-6-7-9/h9H,5-8H2,1-4H3,(H,15,17)(H2,13,14,16). The largest absolute Gasteiger partial charge is 0.357 e. The predicted octanol–water partition coefficient (Wildman–Crippen LogP) is 0.619. The molecule has 5 heteroatoms. The summed E-state index contributed by atoms with van der Waals surface area (Å²) in [4.78, 5) is 15.8. The summed E-state index contributed by atoms with van der Waals surface area (Å²) in [6.45, 7) is 9.15. The van der Waals surface area contributed by atoms with Crippen molar-refractivity contribution in [2.45, 2.75) is 52.1 Å². The fraction of sp³-hybridized carbons (Fsp3) is 0.833. The third-order valence-corrected chi connectivity index (χ3v) is 2.16. The normalized spacial score (nSPS) is 16.6. The Morgan fingerprint density at radius 2 is 2.00 bits per heavy atom. The second-order valence-corrected chi connectivity index (χ2v) is 5.41. The molecule has 0 aromatic rings. The van der Waals surface area contributed by atoms with Crippen LogP contribution in [0.5, 0.6) is 0 Å². The molecule has 0 atom stereocenters. The number of nitrogens with zero attached hydrogens (tertiary/aromatic N) is 1. The molecular weight excluding hydrogens is 216 g/mol. The van der Waals surface area contributed by atoms with Crippen molar-refractivity contribution in [2.24, 2.45) is 4.99 Å². The highest BCUT2D eigenvalue weighted by Gasteiger charge is 2.23. The lowest BCUT2D eigenvalue weighted by molar-refractivity contribution is -0.119. The van der Waals surface area contributed by atoms with Crippen LogP contribution in [0.3, 0.4) is 0 Å². The lowest BCUT2D eigenvalue weighted by atomic mass is 10.1. The minimum absolute atomic E-state index is 0.00128. The highest BCUT2D eigenvalue weighted by molar-refractivity contribution is 5.85. The van der Waals surface area contributed by atoms with Gasteiger partial charge in [-0.2, -0.15) is 0 Å². The highest BCUT2D eigenvalue weighted by atomic mass is 16.2. The van der Waals surface area contributed by atoms with E-state index in [0.717, 1.165) is 19.4 Å². The zero-order chi connectivity index (χ0) is 12.9. The number of hydrogen-bond acceptors (Lipinski definition) is 2. The van der Waals surface area contributed by atoms with Gasteiger partial charge in [-0.25, -0.2) is 4.99 Å². The minimum Gasteiger partial charge on any atom is -0.357 e. The molecule has 0 radical (unpaired) electrons. The zero-order valence-corrected chi connectivity index (χ0v) is 11.3. The fourth-order valence-corrected chi connectivity index (χ4v) is 1.31. The SMILES string of the molecule is CCNC(=NCC(=O)NC1CC1)NC(C)(C)C. The summed E-state index contributed by atoms with van der Waals surface area (Å²) in [5.41, 5.74) is -0.0615. The van der Waals surface area contributed by atoms with Crippen LogP contribution in [0.4, 0.5) is 0 Å². The lowest BCUT2D eigenvalue weighted by Gasteiger charge is -2.23. The van der Waals surface area contributed by atoms with Gasteiger partial charge in [0.05, 0.1) is 0 Å². The molecular formula is C12H24N4O. The summed E-state index contributed by atoms with van der Waals surface area (Å²) in [7, 11) is 0. The third kappa shape index (κ3) is 6.81. The van der Waals surface area contributed by atoms with Crippen LogP contribution in [0.2, 0.25) is 0 Å². The second kappa shape index (κ2) is 5.89. The summed E-state index contributed by atoms with van der Waals surface area (Å²) in [6, 6.07) is 0.399. The van der Waals surface area contributed by atoms with Gasteiger partial charge in [0.15, 0.2) is 5.96 Å². The highest BCUT2D eigenvalue weighted by Crippen LogP contribution is 2.18. The molecule has 0 aliphatic heterocycles. The summed E-state index contributed by atoms with van der Waals surface area (Å²) in [5.74, 6) is 0.685. The van der Waals surface area contributed by atoms with Crippen molar-refractivity contribution in [1.29, 1.82) is 0 Å². The van der Waals surface area contributed by atoms with Crippen LogP contribution in [-0.2, 0) is 4.79 Å². The molecule has 1 fully saturated rings. The Labute approximate surface area is 103 Å². The quantitative estimate of drug-likeness (QED) is 0.498. The van der Waals surface area contributed by atoms with Crippen LogP contribution in [-0.4, -0.2) is 36.5 Å². The van der Waals surface area contributed by atoms with Gasteiger partial charge in [-0.05, 0) is 40.5 Å². The Morgan fingerprint density at radius 3 is 2.47 bits per heavy atom. The van der Waals surface area contributed by atoms with E-state index >= 15 is 0 Å². The smallest absolute Gasteiger partial charge is 0.242 e. The van der Waals surface area contributed by atoms with Gasteiger partial charge in [0.2, 0.25) is 5.91 Å². The lowest BCUT2D eigenvalue weighted by Crippen LogP contribution is -2.48. The van der Waals surface area contributed by atoms with E-state index in [4.69, 9.17) is 0 Å². The maximum atomic E-state index is 11.5. The van der Waals surface area contributed by atoms with E-state index in [0.29, 0.717) is 12.0 Å². The van der Waals surface area contributed by atoms with E-state index in [9.17, 15) is 4.79 Å². The average Bonchev–Trinajstić information content (AvgIpc) is 2.96. The number of guanidine groups is 1. The Bertz CT molecular complexity index is 289. The molecule has 0 bridgehead atoms. The van der Waals surface area contributed by atoms with Gasteiger partial charge in [0.25, 0.3) is 0 Å². The maximum Gasteiger partial charge on any atom is 0.242 e. The molecule has 0 aromatic carbocycles. The molecule has 1 saturated carbocycles. The van der Waals surface area contributed by atoms with Gasteiger partial charge >= 0.3 is 0 Å². The molecule has 0 aromatic heterocycles. The monoisotopic (exact) mass is 240 g/mol. The molecule has 1 aliphatic rings. The van der Waals surface area contributed by atoms with Gasteiger partial charge in [-0.3, -0.25) is 4.79 Å². The van der Waals surface area contributed by atoms with E-state index in [-0.39, 0.29) is 18.0 Å². The van der Waals surface area contributed by atoms with Gasteiger partial charge in [-0.15, -0.1) is 0 Å². The van der Waals surface area contributed by atoms with Crippen LogP contribution in [0, 0.1) is 0 Å². The van der Waals surface area contributed by atoms with Crippen molar-refractivity contribution >= 4 is 11.9 Å². The first-order valence-corrected chi connectivity index (χ1v) is 6.26. The van der Waals surface area contributed by atoms with E-state index in [1.54, 1.807) is 0 Å². The number of hydrogen-bond donors (Lipinski definition) is 3. The molecule has 17 heavy (non-hydrogen) atoms. The molecule has 0 unspecified atom stereocenters. The van der Waals surface area contributed by atoms with Crippen molar-refractivity contribution in [1.82, 2.24) is 16.0 Å². The van der Waals surface area contributed by atoms with Crippen LogP contribution < -0.4 is 16.0 Å². The number of carbonyl (C=O) groups excluding carboxylic acids is 1. The van der Waals surface area contributed by atoms with Gasteiger partial charge in [-0.1, -0.05) is 0 Å². The summed E-state index contributed by atoms with van der Waals surface area (Å²) >= 11 is 0. The van der Waals surface area contributed by atoms with E-state index in [1.807, 2.05) is 6.92 Å². The van der Waals surface area contributed by atoms with Gasteiger partial charge in [0, 0.05) is 18.1 Å². The Kier molecular flexibility index (Phi) is 4.78. The molecule has 1 rings (SSSR count). The molecule has 98 valence electrons. The zero-order valence-electron chi connectivity index (χ0n) is 11.3. The molecule has 0 saturated heterocycles. The molecule has 1 aliphatic carbocycles. The van der Waals surface area contributed by atoms with Crippen molar-refractivity contribution < 1.29 is 4.79 Å². The van der Waals surface area contributed by atoms with E-state index in [2.05, 4.69) is 41.7 Å². The number of aliphatic imine (C=N–C) groups is 1. The first-order chi connectivity index (χ1) is 7.90. The summed E-state index contributed by atoms with van der Waals surface area (Å²) in [6.07, 6.45) is 2.21. The van der Waals surface area contributed by atoms with E-state index < -0.39 is 0 Å². The van der Waals surface area contributed by atoms with Gasteiger partial charge in [0.1, 0.15) is 6.54 Å². The predicted molar refractivity (Wildman–Crippen MR) is 70.0 cm³/mol. The van der Waals surface area contributed by atoms with Crippen molar-refractivity contribution in [3.63, 3.8) is 0 Å². The topological polar surface area (TPSA) is 65.5 Å².